The van der Waals surface area contributed by atoms with E-state index in [4.69, 9.17) is 4.74 Å². The summed E-state index contributed by atoms with van der Waals surface area (Å²) in [5.74, 6) is 0.562. The van der Waals surface area contributed by atoms with Gasteiger partial charge in [0.1, 0.15) is 10.7 Å². The zero-order valence-corrected chi connectivity index (χ0v) is 8.74. The van der Waals surface area contributed by atoms with Crippen molar-refractivity contribution >= 4 is 22.2 Å². The van der Waals surface area contributed by atoms with Gasteiger partial charge in [-0.2, -0.15) is 0 Å². The van der Waals surface area contributed by atoms with Crippen LogP contribution in [0.4, 0.5) is 0 Å². The highest BCUT2D eigenvalue weighted by molar-refractivity contribution is 7.96. The first-order valence-electron chi connectivity index (χ1n) is 4.19. The largest absolute Gasteiger partial charge is 0.497 e. The van der Waals surface area contributed by atoms with Gasteiger partial charge in [0.05, 0.1) is 12.0 Å². The lowest BCUT2D eigenvalue weighted by Gasteiger charge is -2.02. The van der Waals surface area contributed by atoms with Crippen LogP contribution in [-0.4, -0.2) is 21.8 Å². The fourth-order valence-electron chi connectivity index (χ4n) is 1.47. The predicted octanol–water partition coefficient (Wildman–Crippen LogP) is 1.02. The molecule has 0 atom stereocenters. The number of allylic oxidation sites excluding steroid dienone is 1. The molecule has 0 N–H and O–H groups in total. The molecule has 0 amide bonds. The van der Waals surface area contributed by atoms with Crippen LogP contribution in [0, 0.1) is 0 Å². The summed E-state index contributed by atoms with van der Waals surface area (Å²) in [7, 11) is -2.09. The van der Waals surface area contributed by atoms with E-state index in [0.717, 1.165) is 0 Å². The first kappa shape index (κ1) is 9.92. The molecule has 78 valence electrons. The maximum Gasteiger partial charge on any atom is 0.210 e. The van der Waals surface area contributed by atoms with Crippen molar-refractivity contribution in [3.05, 3.63) is 28.7 Å². The molecule has 2 rings (SSSR count). The van der Waals surface area contributed by atoms with Gasteiger partial charge in [0.25, 0.3) is 0 Å². The monoisotopic (exact) mass is 224 g/mol. The molecule has 0 aliphatic carbocycles. The highest BCUT2D eigenvalue weighted by Gasteiger charge is 2.29. The normalized spacial score (nSPS) is 16.7. The Bertz CT molecular complexity index is 555. The third kappa shape index (κ3) is 1.35. The average molecular weight is 224 g/mol. The SMILES string of the molecule is COc1ccc2c(c1)C=C(C=O)S2(=O)=O. The molecule has 1 aliphatic heterocycles. The minimum atomic E-state index is -3.58. The highest BCUT2D eigenvalue weighted by atomic mass is 32.2. The molecular weight excluding hydrogens is 216 g/mol. The number of hydrogen-bond acceptors (Lipinski definition) is 4. The van der Waals surface area contributed by atoms with Crippen LogP contribution in [-0.2, 0) is 14.6 Å². The Balaban J connectivity index is 2.68. The van der Waals surface area contributed by atoms with Crippen molar-refractivity contribution in [1.29, 1.82) is 0 Å². The third-order valence-electron chi connectivity index (χ3n) is 2.23. The van der Waals surface area contributed by atoms with Crippen LogP contribution in [0.5, 0.6) is 5.75 Å². The number of carbonyl (C=O) groups is 1. The van der Waals surface area contributed by atoms with E-state index in [2.05, 4.69) is 0 Å². The molecule has 0 unspecified atom stereocenters. The van der Waals surface area contributed by atoms with E-state index >= 15 is 0 Å². The predicted molar refractivity (Wildman–Crippen MR) is 54.2 cm³/mol. The van der Waals surface area contributed by atoms with Crippen molar-refractivity contribution in [1.82, 2.24) is 0 Å². The maximum atomic E-state index is 11.7. The summed E-state index contributed by atoms with van der Waals surface area (Å²) in [5.41, 5.74) is 0.497. The van der Waals surface area contributed by atoms with E-state index in [9.17, 15) is 13.2 Å². The molecule has 1 aromatic carbocycles. The number of ether oxygens (including phenoxy) is 1. The van der Waals surface area contributed by atoms with Gasteiger partial charge in [-0.15, -0.1) is 0 Å². The van der Waals surface area contributed by atoms with Crippen molar-refractivity contribution in [2.45, 2.75) is 4.90 Å². The number of aldehydes is 1. The quantitative estimate of drug-likeness (QED) is 0.704. The van der Waals surface area contributed by atoms with Crippen molar-refractivity contribution in [3.63, 3.8) is 0 Å². The minimum Gasteiger partial charge on any atom is -0.497 e. The first-order chi connectivity index (χ1) is 7.09. The molecular formula is C10H8O4S. The van der Waals surface area contributed by atoms with E-state index in [1.54, 1.807) is 12.1 Å². The van der Waals surface area contributed by atoms with Gasteiger partial charge < -0.3 is 4.74 Å². The molecule has 5 heteroatoms. The van der Waals surface area contributed by atoms with Crippen LogP contribution in [0.1, 0.15) is 5.56 Å². The molecule has 0 radical (unpaired) electrons. The topological polar surface area (TPSA) is 60.4 Å². The Morgan fingerprint density at radius 3 is 2.67 bits per heavy atom. The van der Waals surface area contributed by atoms with Crippen LogP contribution in [0.15, 0.2) is 28.0 Å². The van der Waals surface area contributed by atoms with Crippen molar-refractivity contribution < 1.29 is 17.9 Å². The fraction of sp³-hybridized carbons (Fsp3) is 0.100. The lowest BCUT2D eigenvalue weighted by Crippen LogP contribution is -2.01. The molecule has 1 heterocycles. The average Bonchev–Trinajstić information content (AvgIpc) is 2.49. The number of rotatable bonds is 2. The Labute approximate surface area is 87.1 Å². The van der Waals surface area contributed by atoms with Gasteiger partial charge in [0.2, 0.25) is 9.84 Å². The minimum absolute atomic E-state index is 0.158. The smallest absolute Gasteiger partial charge is 0.210 e. The Morgan fingerprint density at radius 2 is 2.07 bits per heavy atom. The summed E-state index contributed by atoms with van der Waals surface area (Å²) in [6, 6.07) is 4.58. The molecule has 0 saturated heterocycles. The van der Waals surface area contributed by atoms with Gasteiger partial charge in [-0.25, -0.2) is 8.42 Å². The summed E-state index contributed by atoms with van der Waals surface area (Å²) in [6.07, 6.45) is 1.70. The van der Waals surface area contributed by atoms with Crippen LogP contribution in [0.3, 0.4) is 0 Å². The molecule has 0 saturated carbocycles. The zero-order valence-electron chi connectivity index (χ0n) is 7.93. The van der Waals surface area contributed by atoms with E-state index in [0.29, 0.717) is 17.6 Å². The molecule has 15 heavy (non-hydrogen) atoms. The van der Waals surface area contributed by atoms with Crippen LogP contribution >= 0.6 is 0 Å². The van der Waals surface area contributed by atoms with Crippen LogP contribution in [0.25, 0.3) is 6.08 Å². The van der Waals surface area contributed by atoms with E-state index < -0.39 is 9.84 Å². The first-order valence-corrected chi connectivity index (χ1v) is 5.68. The molecule has 4 nitrogen and oxygen atoms in total. The Morgan fingerprint density at radius 1 is 1.33 bits per heavy atom. The maximum absolute atomic E-state index is 11.7. The summed E-state index contributed by atoms with van der Waals surface area (Å²) in [6.45, 7) is 0. The van der Waals surface area contributed by atoms with Gasteiger partial charge in [-0.05, 0) is 29.8 Å². The Kier molecular flexibility index (Phi) is 2.12. The van der Waals surface area contributed by atoms with Crippen LogP contribution in [0.2, 0.25) is 0 Å². The van der Waals surface area contributed by atoms with Gasteiger partial charge in [0, 0.05) is 0 Å². The number of methoxy groups -OCH3 is 1. The van der Waals surface area contributed by atoms with Crippen molar-refractivity contribution in [3.8, 4) is 5.75 Å². The summed E-state index contributed by atoms with van der Waals surface area (Å²) >= 11 is 0. The van der Waals surface area contributed by atoms with E-state index in [-0.39, 0.29) is 9.80 Å². The highest BCUT2D eigenvalue weighted by Crippen LogP contribution is 2.33. The summed E-state index contributed by atoms with van der Waals surface area (Å²) in [5, 5.41) is 0. The Hall–Kier alpha value is -1.62. The molecule has 0 aromatic heterocycles. The molecule has 1 aromatic rings. The van der Waals surface area contributed by atoms with Gasteiger partial charge in [-0.1, -0.05) is 0 Å². The lowest BCUT2D eigenvalue weighted by molar-refractivity contribution is -0.104. The van der Waals surface area contributed by atoms with Gasteiger partial charge in [0.15, 0.2) is 6.29 Å². The molecule has 1 aliphatic rings. The third-order valence-corrected chi connectivity index (χ3v) is 4.02. The number of fused-ring (bicyclic) bond motifs is 1. The number of hydrogen-bond donors (Lipinski definition) is 0. The van der Waals surface area contributed by atoms with Crippen molar-refractivity contribution in [2.75, 3.05) is 7.11 Å². The van der Waals surface area contributed by atoms with Crippen LogP contribution < -0.4 is 4.74 Å². The van der Waals surface area contributed by atoms with E-state index in [1.807, 2.05) is 0 Å². The number of benzene rings is 1. The summed E-state index contributed by atoms with van der Waals surface area (Å²) < 4.78 is 28.3. The second-order valence-electron chi connectivity index (χ2n) is 3.07. The van der Waals surface area contributed by atoms with Crippen molar-refractivity contribution in [2.24, 2.45) is 0 Å². The summed E-state index contributed by atoms with van der Waals surface area (Å²) in [4.78, 5) is 10.5. The van der Waals surface area contributed by atoms with E-state index in [1.165, 1.54) is 19.3 Å². The lowest BCUT2D eigenvalue weighted by atomic mass is 10.2. The molecule has 0 fully saturated rings. The van der Waals surface area contributed by atoms with Gasteiger partial charge in [-0.3, -0.25) is 4.79 Å². The molecule has 0 bridgehead atoms. The molecule has 0 spiro atoms. The zero-order chi connectivity index (χ0) is 11.1. The fourth-order valence-corrected chi connectivity index (χ4v) is 2.80. The number of sulfone groups is 1. The van der Waals surface area contributed by atoms with Gasteiger partial charge >= 0.3 is 0 Å². The second-order valence-corrected chi connectivity index (χ2v) is 4.99. The second kappa shape index (κ2) is 3.20. The number of carbonyl (C=O) groups excluding carboxylic acids is 1. The standard InChI is InChI=1S/C10H8O4S/c1-14-8-2-3-10-7(4-8)5-9(6-11)15(10,12)13/h2-6H,1H3.